The predicted molar refractivity (Wildman–Crippen MR) is 142 cm³/mol. The zero-order chi connectivity index (χ0) is 26.7. The van der Waals surface area contributed by atoms with E-state index in [1.165, 1.54) is 20.4 Å². The van der Waals surface area contributed by atoms with Crippen LogP contribution in [0, 0.1) is 5.92 Å². The molecule has 0 aliphatic heterocycles. The SMILES string of the molecule is C=C1[C@H](COP(=O)(/C=N/[C@@H](C)C(=O)OC)Oc2ccc(Br)cc2)CC[C@@H]1n1cnc2c(=O)[nH]c(N)nc21. The van der Waals surface area contributed by atoms with Crippen LogP contribution in [0.1, 0.15) is 25.8 Å². The Bertz CT molecular complexity index is 1450. The summed E-state index contributed by atoms with van der Waals surface area (Å²) in [4.78, 5) is 38.8. The number of hydrogen-bond donors (Lipinski definition) is 2. The molecule has 0 bridgehead atoms. The highest BCUT2D eigenvalue weighted by atomic mass is 79.9. The second-order valence-corrected chi connectivity index (χ2v) is 11.2. The first-order valence-corrected chi connectivity index (χ1v) is 13.7. The average molecular weight is 593 g/mol. The Morgan fingerprint density at radius 3 is 2.84 bits per heavy atom. The fourth-order valence-electron chi connectivity index (χ4n) is 4.01. The average Bonchev–Trinajstić information content (AvgIpc) is 3.45. The van der Waals surface area contributed by atoms with Gasteiger partial charge in [0.15, 0.2) is 11.2 Å². The highest BCUT2D eigenvalue weighted by Crippen LogP contribution is 2.49. The first-order valence-electron chi connectivity index (χ1n) is 11.3. The van der Waals surface area contributed by atoms with Gasteiger partial charge in [-0.15, -0.1) is 0 Å². The highest BCUT2D eigenvalue weighted by molar-refractivity contribution is 9.10. The van der Waals surface area contributed by atoms with E-state index in [-0.39, 0.29) is 30.0 Å². The number of aliphatic imine (C=N–C) groups is 1. The van der Waals surface area contributed by atoms with E-state index in [1.807, 2.05) is 0 Å². The number of methoxy groups -OCH3 is 1. The maximum absolute atomic E-state index is 13.6. The van der Waals surface area contributed by atoms with E-state index >= 15 is 0 Å². The molecule has 1 saturated carbocycles. The number of anilines is 1. The Hall–Kier alpha value is -3.28. The Labute approximate surface area is 220 Å². The summed E-state index contributed by atoms with van der Waals surface area (Å²) < 4.78 is 32.4. The second kappa shape index (κ2) is 11.0. The Morgan fingerprint density at radius 2 is 2.14 bits per heavy atom. The number of nitrogen functional groups attached to an aromatic ring is 1. The van der Waals surface area contributed by atoms with E-state index in [9.17, 15) is 14.2 Å². The molecule has 1 aromatic carbocycles. The number of ether oxygens (including phenoxy) is 1. The molecule has 1 aliphatic rings. The second-order valence-electron chi connectivity index (χ2n) is 8.48. The van der Waals surface area contributed by atoms with Crippen LogP contribution in [-0.4, -0.2) is 51.2 Å². The van der Waals surface area contributed by atoms with E-state index in [4.69, 9.17) is 14.8 Å². The molecule has 0 spiro atoms. The number of imidazole rings is 1. The van der Waals surface area contributed by atoms with Crippen LogP contribution in [-0.2, 0) is 18.6 Å². The Balaban J connectivity index is 1.52. The van der Waals surface area contributed by atoms with Gasteiger partial charge in [-0.05, 0) is 49.6 Å². The van der Waals surface area contributed by atoms with Crippen LogP contribution in [0.25, 0.3) is 11.2 Å². The van der Waals surface area contributed by atoms with Gasteiger partial charge in [0.2, 0.25) is 5.95 Å². The monoisotopic (exact) mass is 592 g/mol. The summed E-state index contributed by atoms with van der Waals surface area (Å²) in [7, 11) is -2.68. The number of benzene rings is 1. The normalized spacial score (nSPS) is 20.2. The molecule has 196 valence electrons. The van der Waals surface area contributed by atoms with Crippen LogP contribution in [0.5, 0.6) is 5.75 Å². The van der Waals surface area contributed by atoms with Gasteiger partial charge in [0, 0.05) is 10.4 Å². The number of aromatic amines is 1. The number of carbonyl (C=O) groups excluding carboxylic acids is 1. The van der Waals surface area contributed by atoms with Crippen molar-refractivity contribution in [1.29, 1.82) is 0 Å². The molecule has 2 heterocycles. The summed E-state index contributed by atoms with van der Waals surface area (Å²) >= 11 is 3.35. The van der Waals surface area contributed by atoms with Crippen molar-refractivity contribution in [2.45, 2.75) is 31.8 Å². The largest absolute Gasteiger partial charge is 0.467 e. The van der Waals surface area contributed by atoms with Crippen LogP contribution < -0.4 is 15.8 Å². The maximum atomic E-state index is 13.6. The lowest BCUT2D eigenvalue weighted by molar-refractivity contribution is -0.141. The summed E-state index contributed by atoms with van der Waals surface area (Å²) in [5.74, 6) is 0.586. The van der Waals surface area contributed by atoms with Gasteiger partial charge in [-0.25, -0.2) is 14.3 Å². The molecule has 2 aromatic heterocycles. The van der Waals surface area contributed by atoms with Crippen molar-refractivity contribution >= 4 is 52.6 Å². The van der Waals surface area contributed by atoms with Crippen molar-refractivity contribution in [3.63, 3.8) is 0 Å². The van der Waals surface area contributed by atoms with E-state index in [0.29, 0.717) is 24.2 Å². The molecular formula is C23H26BrN6O6P. The molecule has 4 atom stereocenters. The number of esters is 1. The van der Waals surface area contributed by atoms with Crippen molar-refractivity contribution < 1.29 is 23.1 Å². The van der Waals surface area contributed by atoms with E-state index in [1.54, 1.807) is 28.8 Å². The number of nitrogens with one attached hydrogen (secondary N) is 1. The molecule has 3 aromatic rings. The summed E-state index contributed by atoms with van der Waals surface area (Å²) in [6.07, 6.45) is 2.89. The van der Waals surface area contributed by atoms with Crippen LogP contribution in [0.2, 0.25) is 0 Å². The minimum atomic E-state index is -3.92. The Morgan fingerprint density at radius 1 is 1.41 bits per heavy atom. The number of H-pyrrole nitrogens is 1. The van der Waals surface area contributed by atoms with Crippen molar-refractivity contribution in [2.24, 2.45) is 10.9 Å². The summed E-state index contributed by atoms with van der Waals surface area (Å²) in [5, 5.41) is 0. The third-order valence-electron chi connectivity index (χ3n) is 6.00. The van der Waals surface area contributed by atoms with Gasteiger partial charge in [-0.2, -0.15) is 4.98 Å². The van der Waals surface area contributed by atoms with E-state index in [2.05, 4.69) is 47.2 Å². The van der Waals surface area contributed by atoms with Crippen molar-refractivity contribution in [2.75, 3.05) is 19.5 Å². The molecule has 37 heavy (non-hydrogen) atoms. The number of nitrogens with zero attached hydrogens (tertiary/aromatic N) is 4. The van der Waals surface area contributed by atoms with Gasteiger partial charge in [0.1, 0.15) is 17.7 Å². The molecule has 1 aliphatic carbocycles. The topological polar surface area (TPSA) is 164 Å². The van der Waals surface area contributed by atoms with Gasteiger partial charge in [0.05, 0.1) is 26.1 Å². The van der Waals surface area contributed by atoms with Gasteiger partial charge in [-0.3, -0.25) is 19.3 Å². The number of carbonyl (C=O) groups is 1. The van der Waals surface area contributed by atoms with Gasteiger partial charge < -0.3 is 19.6 Å². The molecule has 1 fully saturated rings. The van der Waals surface area contributed by atoms with E-state index < -0.39 is 25.2 Å². The zero-order valence-electron chi connectivity index (χ0n) is 20.2. The first kappa shape index (κ1) is 26.8. The summed E-state index contributed by atoms with van der Waals surface area (Å²) in [6, 6.07) is 5.64. The summed E-state index contributed by atoms with van der Waals surface area (Å²) in [6.45, 7) is 5.77. The molecule has 0 amide bonds. The number of hydrogen-bond acceptors (Lipinski definition) is 10. The number of fused-ring (bicyclic) bond motifs is 1. The molecule has 12 nitrogen and oxygen atoms in total. The predicted octanol–water partition coefficient (Wildman–Crippen LogP) is 3.85. The van der Waals surface area contributed by atoms with Crippen LogP contribution in [0.3, 0.4) is 0 Å². The fourth-order valence-corrected chi connectivity index (χ4v) is 5.61. The minimum absolute atomic E-state index is 0.00533. The van der Waals surface area contributed by atoms with Crippen LogP contribution >= 0.6 is 23.5 Å². The molecule has 3 N–H and O–H groups in total. The first-order chi connectivity index (χ1) is 17.6. The summed E-state index contributed by atoms with van der Waals surface area (Å²) in [5.41, 5.74) is 6.65. The molecule has 4 rings (SSSR count). The molecular weight excluding hydrogens is 567 g/mol. The standard InChI is InChI=1S/C23H26BrN6O6P/c1-13-15(4-9-18(13)30-11-26-19-20(30)28-23(25)29-21(19)31)10-35-37(33,12-27-14(2)22(32)34-3)36-17-7-5-16(24)6-8-17/h5-8,11-12,14-15,18H,1,4,9-10H2,2-3H3,(H3,25,28,29,31)/b27-12+/t14-,15-,18-,37?/m0/s1. The fraction of sp³-hybridized carbons (Fsp3) is 0.348. The third kappa shape index (κ3) is 6.00. The zero-order valence-corrected chi connectivity index (χ0v) is 22.6. The minimum Gasteiger partial charge on any atom is -0.467 e. The Kier molecular flexibility index (Phi) is 7.96. The molecule has 0 radical (unpaired) electrons. The number of rotatable bonds is 9. The lowest BCUT2D eigenvalue weighted by atomic mass is 10.0. The van der Waals surface area contributed by atoms with Gasteiger partial charge in [0.25, 0.3) is 5.56 Å². The smallest absolute Gasteiger partial charge is 0.421 e. The number of halogens is 1. The lowest BCUT2D eigenvalue weighted by Crippen LogP contribution is -2.17. The maximum Gasteiger partial charge on any atom is 0.421 e. The van der Waals surface area contributed by atoms with Gasteiger partial charge in [-0.1, -0.05) is 22.5 Å². The van der Waals surface area contributed by atoms with Crippen molar-refractivity contribution in [3.8, 4) is 5.75 Å². The number of aromatic nitrogens is 4. The van der Waals surface area contributed by atoms with Crippen molar-refractivity contribution in [3.05, 3.63) is 57.6 Å². The number of nitrogens with two attached hydrogens (primary N) is 1. The molecule has 0 saturated heterocycles. The molecule has 14 heteroatoms. The quantitative estimate of drug-likeness (QED) is 0.162. The van der Waals surface area contributed by atoms with Gasteiger partial charge >= 0.3 is 13.6 Å². The van der Waals surface area contributed by atoms with Crippen LogP contribution in [0.15, 0.2) is 57.0 Å². The lowest BCUT2D eigenvalue weighted by Gasteiger charge is -2.20. The third-order valence-corrected chi connectivity index (χ3v) is 7.92. The van der Waals surface area contributed by atoms with E-state index in [0.717, 1.165) is 16.0 Å². The molecule has 1 unspecified atom stereocenters. The van der Waals surface area contributed by atoms with Crippen LogP contribution in [0.4, 0.5) is 5.95 Å². The van der Waals surface area contributed by atoms with Crippen molar-refractivity contribution in [1.82, 2.24) is 19.5 Å². The highest BCUT2D eigenvalue weighted by Gasteiger charge is 2.34.